The van der Waals surface area contributed by atoms with Gasteiger partial charge >= 0.3 is 18.0 Å². The quantitative estimate of drug-likeness (QED) is 0.0600. The molecule has 11 nitrogen and oxygen atoms in total. The van der Waals surface area contributed by atoms with E-state index in [2.05, 4.69) is 15.7 Å². The van der Waals surface area contributed by atoms with Gasteiger partial charge in [-0.25, -0.2) is 10.3 Å². The highest BCUT2D eigenvalue weighted by atomic mass is 16.6. The summed E-state index contributed by atoms with van der Waals surface area (Å²) in [6.45, 7) is 17.9. The lowest BCUT2D eigenvalue weighted by molar-refractivity contribution is -0.161. The number of benzene rings is 2. The molecule has 0 radical (unpaired) electrons. The van der Waals surface area contributed by atoms with Crippen molar-refractivity contribution in [3.63, 3.8) is 0 Å². The van der Waals surface area contributed by atoms with Gasteiger partial charge in [-0.2, -0.15) is 5.11 Å². The van der Waals surface area contributed by atoms with E-state index in [0.717, 1.165) is 35.3 Å². The van der Waals surface area contributed by atoms with Crippen molar-refractivity contribution in [3.8, 4) is 0 Å². The molecule has 288 valence electrons. The SMILES string of the molecule is CNCCCC(Cc1cccc(/C(=C/Nc2cccc(CC(CCCN(C)C(=O)OC(C)(C)C)C(=O)OC(C)(C)C)c2)N=N)c1)C(=O)OC(C)(C)C. The zero-order chi connectivity index (χ0) is 39.1. The Balaban J connectivity index is 2.20. The van der Waals surface area contributed by atoms with Crippen molar-refractivity contribution in [2.75, 3.05) is 32.5 Å². The average Bonchev–Trinajstić information content (AvgIpc) is 3.02. The molecule has 2 atom stereocenters. The number of carbonyl (C=O) groups excluding carboxylic acids is 3. The molecule has 2 unspecified atom stereocenters. The molecule has 0 saturated heterocycles. The molecule has 0 saturated carbocycles. The van der Waals surface area contributed by atoms with Gasteiger partial charge in [0, 0.05) is 31.0 Å². The molecular formula is C41H63N5O6. The van der Waals surface area contributed by atoms with Gasteiger partial charge in [-0.05, 0) is 144 Å². The number of esters is 2. The van der Waals surface area contributed by atoms with E-state index in [-0.39, 0.29) is 17.9 Å². The normalized spacial score (nSPS) is 13.5. The third-order valence-electron chi connectivity index (χ3n) is 7.82. The molecule has 0 spiro atoms. The zero-order valence-electron chi connectivity index (χ0n) is 33.4. The first kappa shape index (κ1) is 43.9. The molecule has 0 aliphatic heterocycles. The van der Waals surface area contributed by atoms with Gasteiger partial charge in [0.25, 0.3) is 0 Å². The summed E-state index contributed by atoms with van der Waals surface area (Å²) in [4.78, 5) is 40.3. The van der Waals surface area contributed by atoms with Crippen molar-refractivity contribution in [2.45, 2.75) is 118 Å². The Bertz CT molecular complexity index is 1500. The first-order valence-corrected chi connectivity index (χ1v) is 18.3. The molecule has 0 aliphatic carbocycles. The van der Waals surface area contributed by atoms with E-state index in [0.29, 0.717) is 44.3 Å². The summed E-state index contributed by atoms with van der Waals surface area (Å²) in [6.07, 6.45) is 4.93. The Labute approximate surface area is 311 Å². The number of hydrogen-bond donors (Lipinski definition) is 3. The fourth-order valence-electron chi connectivity index (χ4n) is 5.45. The fourth-order valence-corrected chi connectivity index (χ4v) is 5.45. The van der Waals surface area contributed by atoms with Gasteiger partial charge in [0.15, 0.2) is 0 Å². The summed E-state index contributed by atoms with van der Waals surface area (Å²) < 4.78 is 17.0. The zero-order valence-corrected chi connectivity index (χ0v) is 33.4. The van der Waals surface area contributed by atoms with Gasteiger partial charge < -0.3 is 29.7 Å². The molecule has 2 aromatic carbocycles. The number of ether oxygens (including phenoxy) is 3. The van der Waals surface area contributed by atoms with E-state index < -0.39 is 28.8 Å². The Morgan fingerprint density at radius 2 is 1.31 bits per heavy atom. The fraction of sp³-hybridized carbons (Fsp3) is 0.585. The number of carbonyl (C=O) groups is 3. The van der Waals surface area contributed by atoms with E-state index in [1.54, 1.807) is 13.2 Å². The van der Waals surface area contributed by atoms with E-state index in [9.17, 15) is 14.4 Å². The van der Waals surface area contributed by atoms with Crippen molar-refractivity contribution in [3.05, 3.63) is 71.4 Å². The van der Waals surface area contributed by atoms with Gasteiger partial charge in [-0.15, -0.1) is 0 Å². The summed E-state index contributed by atoms with van der Waals surface area (Å²) in [6, 6.07) is 15.5. The van der Waals surface area contributed by atoms with Crippen molar-refractivity contribution >= 4 is 29.4 Å². The largest absolute Gasteiger partial charge is 0.460 e. The maximum absolute atomic E-state index is 13.3. The minimum atomic E-state index is -0.631. The van der Waals surface area contributed by atoms with Crippen molar-refractivity contribution in [1.29, 1.82) is 5.53 Å². The number of nitrogens with zero attached hydrogens (tertiary/aromatic N) is 2. The molecule has 0 aromatic heterocycles. The molecule has 0 heterocycles. The summed E-state index contributed by atoms with van der Waals surface area (Å²) in [5.74, 6) is -1.20. The molecule has 0 bridgehead atoms. The summed E-state index contributed by atoms with van der Waals surface area (Å²) >= 11 is 0. The minimum Gasteiger partial charge on any atom is -0.460 e. The van der Waals surface area contributed by atoms with Crippen LogP contribution in [0.15, 0.2) is 59.8 Å². The van der Waals surface area contributed by atoms with Crippen LogP contribution < -0.4 is 10.6 Å². The predicted octanol–water partition coefficient (Wildman–Crippen LogP) is 8.78. The molecular weight excluding hydrogens is 658 g/mol. The lowest BCUT2D eigenvalue weighted by atomic mass is 9.93. The smallest absolute Gasteiger partial charge is 0.410 e. The number of hydrogen-bond acceptors (Lipinski definition) is 10. The maximum Gasteiger partial charge on any atom is 0.410 e. The van der Waals surface area contributed by atoms with Crippen LogP contribution in [0.1, 0.15) is 105 Å². The molecule has 11 heteroatoms. The Morgan fingerprint density at radius 1 is 0.788 bits per heavy atom. The Hall–Kier alpha value is -4.25. The second-order valence-corrected chi connectivity index (χ2v) is 16.3. The first-order valence-electron chi connectivity index (χ1n) is 18.3. The van der Waals surface area contributed by atoms with Crippen LogP contribution in [0.5, 0.6) is 0 Å². The molecule has 2 aromatic rings. The van der Waals surface area contributed by atoms with Crippen LogP contribution in [0, 0.1) is 17.4 Å². The third-order valence-corrected chi connectivity index (χ3v) is 7.82. The van der Waals surface area contributed by atoms with E-state index in [1.165, 1.54) is 4.90 Å². The maximum atomic E-state index is 13.3. The van der Waals surface area contributed by atoms with Crippen LogP contribution in [-0.4, -0.2) is 66.9 Å². The van der Waals surface area contributed by atoms with Crippen LogP contribution in [0.25, 0.3) is 5.70 Å². The number of amides is 1. The van der Waals surface area contributed by atoms with Gasteiger partial charge in [0.1, 0.15) is 22.5 Å². The second-order valence-electron chi connectivity index (χ2n) is 16.3. The van der Waals surface area contributed by atoms with Crippen LogP contribution in [0.3, 0.4) is 0 Å². The molecule has 0 fully saturated rings. The summed E-state index contributed by atoms with van der Waals surface area (Å²) in [7, 11) is 3.59. The third kappa shape index (κ3) is 17.3. The van der Waals surface area contributed by atoms with Crippen LogP contribution >= 0.6 is 0 Å². The minimum absolute atomic E-state index is 0.210. The average molecular weight is 722 g/mol. The highest BCUT2D eigenvalue weighted by Crippen LogP contribution is 2.25. The molecule has 52 heavy (non-hydrogen) atoms. The number of anilines is 1. The Morgan fingerprint density at radius 3 is 1.83 bits per heavy atom. The van der Waals surface area contributed by atoms with Gasteiger partial charge in [0.05, 0.1) is 11.8 Å². The molecule has 0 aliphatic rings. The monoisotopic (exact) mass is 721 g/mol. The van der Waals surface area contributed by atoms with Crippen LogP contribution in [-0.2, 0) is 36.6 Å². The van der Waals surface area contributed by atoms with E-state index >= 15 is 0 Å². The van der Waals surface area contributed by atoms with Crippen molar-refractivity contribution < 1.29 is 28.6 Å². The van der Waals surface area contributed by atoms with Crippen molar-refractivity contribution in [2.24, 2.45) is 17.0 Å². The number of rotatable bonds is 18. The van der Waals surface area contributed by atoms with Gasteiger partial charge in [0.2, 0.25) is 0 Å². The first-order chi connectivity index (χ1) is 24.2. The van der Waals surface area contributed by atoms with Crippen molar-refractivity contribution in [1.82, 2.24) is 10.2 Å². The second kappa shape index (κ2) is 20.1. The summed E-state index contributed by atoms with van der Waals surface area (Å²) in [5, 5.41) is 10.2. The van der Waals surface area contributed by atoms with Crippen LogP contribution in [0.4, 0.5) is 10.5 Å². The lowest BCUT2D eigenvalue weighted by Crippen LogP contribution is -2.35. The van der Waals surface area contributed by atoms with Gasteiger partial charge in [-0.1, -0.05) is 30.3 Å². The standard InChI is InChI=1S/C41H63N5O6/c1-39(2,3)50-36(47)32(19-14-22-43-10)25-29-16-12-18-31(24-29)35(45-42)28-44-34-21-13-17-30(27-34)26-33(37(48)51-40(4,5)6)20-15-23-46(11)38(49)52-41(7,8)9/h12-13,16-18,21,24,27-28,32-33,42-44H,14-15,19-20,22-23,25-26H2,1-11H3/b35-28-,45-42?. The topological polar surface area (TPSA) is 142 Å². The van der Waals surface area contributed by atoms with Crippen LogP contribution in [0.2, 0.25) is 0 Å². The summed E-state index contributed by atoms with van der Waals surface area (Å²) in [5.41, 5.74) is 9.98. The lowest BCUT2D eigenvalue weighted by Gasteiger charge is -2.26. The molecule has 3 N–H and O–H groups in total. The predicted molar refractivity (Wildman–Crippen MR) is 207 cm³/mol. The number of nitrogens with one attached hydrogen (secondary N) is 3. The molecule has 1 amide bonds. The highest BCUT2D eigenvalue weighted by Gasteiger charge is 2.27. The van der Waals surface area contributed by atoms with Gasteiger partial charge in [-0.3, -0.25) is 9.59 Å². The highest BCUT2D eigenvalue weighted by molar-refractivity contribution is 5.74. The molecule has 2 rings (SSSR count). The van der Waals surface area contributed by atoms with E-state index in [1.807, 2.05) is 118 Å². The van der Waals surface area contributed by atoms with E-state index in [4.69, 9.17) is 19.7 Å². The Kier molecular flexibility index (Phi) is 17.0.